The van der Waals surface area contributed by atoms with Crippen LogP contribution in [0.3, 0.4) is 0 Å². The van der Waals surface area contributed by atoms with Crippen LogP contribution in [-0.4, -0.2) is 22.8 Å². The summed E-state index contributed by atoms with van der Waals surface area (Å²) in [5.74, 6) is 0. The molecule has 0 aromatic heterocycles. The first-order chi connectivity index (χ1) is 7.09. The summed E-state index contributed by atoms with van der Waals surface area (Å²) in [4.78, 5) is 0. The Morgan fingerprint density at radius 2 is 1.12 bits per heavy atom. The highest BCUT2D eigenvalue weighted by Gasteiger charge is 2.66. The van der Waals surface area contributed by atoms with Gasteiger partial charge in [0.05, 0.1) is 0 Å². The molecule has 1 heterocycles. The highest BCUT2D eigenvalue weighted by Crippen LogP contribution is 2.65. The van der Waals surface area contributed by atoms with Crippen LogP contribution in [0.5, 0.6) is 0 Å². The van der Waals surface area contributed by atoms with Gasteiger partial charge in [-0.15, -0.1) is 0 Å². The SMILES string of the molecule is CO[Si]1(OC)C(C(C)(C)C)CC1C(C)(C)C. The average Bonchev–Trinajstić information content (AvgIpc) is 1.99. The molecule has 1 aliphatic rings. The van der Waals surface area contributed by atoms with Gasteiger partial charge in [0, 0.05) is 25.3 Å². The van der Waals surface area contributed by atoms with E-state index in [9.17, 15) is 0 Å². The molecule has 0 saturated carbocycles. The Hall–Kier alpha value is 0.137. The predicted octanol–water partition coefficient (Wildman–Crippen LogP) is 3.96. The van der Waals surface area contributed by atoms with Crippen LogP contribution in [0.2, 0.25) is 11.1 Å². The van der Waals surface area contributed by atoms with Gasteiger partial charge in [0.15, 0.2) is 0 Å². The van der Waals surface area contributed by atoms with Crippen molar-refractivity contribution in [2.45, 2.75) is 59.0 Å². The molecule has 0 amide bonds. The van der Waals surface area contributed by atoms with Gasteiger partial charge in [-0.05, 0) is 17.3 Å². The van der Waals surface area contributed by atoms with Gasteiger partial charge in [0.1, 0.15) is 0 Å². The van der Waals surface area contributed by atoms with E-state index in [1.807, 2.05) is 14.2 Å². The third-order valence-corrected chi connectivity index (χ3v) is 9.59. The zero-order valence-corrected chi connectivity index (χ0v) is 13.2. The lowest BCUT2D eigenvalue weighted by Gasteiger charge is -2.59. The number of hydrogen-bond donors (Lipinski definition) is 0. The van der Waals surface area contributed by atoms with E-state index in [0.29, 0.717) is 21.9 Å². The lowest BCUT2D eigenvalue weighted by molar-refractivity contribution is 0.100. The Labute approximate surface area is 102 Å². The second kappa shape index (κ2) is 4.11. The standard InChI is InChI=1S/C13H28O2Si/c1-12(2,3)10-9-11(13(4,5)6)16(10,14-7)15-8/h10-11H,9H2,1-8H3. The first-order valence-electron chi connectivity index (χ1n) is 6.20. The third kappa shape index (κ3) is 2.09. The Morgan fingerprint density at radius 3 is 1.31 bits per heavy atom. The maximum absolute atomic E-state index is 5.92. The summed E-state index contributed by atoms with van der Waals surface area (Å²) in [6.07, 6.45) is 1.25. The molecule has 0 radical (unpaired) electrons. The third-order valence-electron chi connectivity index (χ3n) is 4.17. The summed E-state index contributed by atoms with van der Waals surface area (Å²) >= 11 is 0. The van der Waals surface area contributed by atoms with E-state index >= 15 is 0 Å². The van der Waals surface area contributed by atoms with Crippen molar-refractivity contribution in [3.05, 3.63) is 0 Å². The van der Waals surface area contributed by atoms with Crippen LogP contribution < -0.4 is 0 Å². The molecule has 0 aliphatic carbocycles. The summed E-state index contributed by atoms with van der Waals surface area (Å²) < 4.78 is 11.8. The molecule has 2 atom stereocenters. The quantitative estimate of drug-likeness (QED) is 0.685. The molecule has 1 fully saturated rings. The van der Waals surface area contributed by atoms with E-state index in [-0.39, 0.29) is 0 Å². The van der Waals surface area contributed by atoms with Crippen molar-refractivity contribution in [1.82, 2.24) is 0 Å². The zero-order chi connectivity index (χ0) is 12.8. The van der Waals surface area contributed by atoms with Crippen LogP contribution in [0.1, 0.15) is 48.0 Å². The van der Waals surface area contributed by atoms with Crippen molar-refractivity contribution >= 4 is 8.56 Å². The van der Waals surface area contributed by atoms with Crippen molar-refractivity contribution < 1.29 is 8.85 Å². The van der Waals surface area contributed by atoms with Gasteiger partial charge < -0.3 is 8.85 Å². The molecule has 0 N–H and O–H groups in total. The molecule has 3 heteroatoms. The molecule has 2 nitrogen and oxygen atoms in total. The Kier molecular flexibility index (Phi) is 3.65. The molecule has 96 valence electrons. The van der Waals surface area contributed by atoms with Gasteiger partial charge >= 0.3 is 8.56 Å². The minimum atomic E-state index is -2.02. The fraction of sp³-hybridized carbons (Fsp3) is 1.00. The number of rotatable bonds is 2. The van der Waals surface area contributed by atoms with Crippen LogP contribution in [0.4, 0.5) is 0 Å². The van der Waals surface area contributed by atoms with Gasteiger partial charge in [-0.25, -0.2) is 0 Å². The summed E-state index contributed by atoms with van der Waals surface area (Å²) in [5, 5.41) is 0. The van der Waals surface area contributed by atoms with Crippen LogP contribution in [0.15, 0.2) is 0 Å². The highest BCUT2D eigenvalue weighted by molar-refractivity contribution is 6.73. The Bertz CT molecular complexity index is 224. The molecular formula is C13H28O2Si. The van der Waals surface area contributed by atoms with Gasteiger partial charge in [-0.2, -0.15) is 0 Å². The average molecular weight is 244 g/mol. The molecular weight excluding hydrogens is 216 g/mol. The van der Waals surface area contributed by atoms with Crippen LogP contribution >= 0.6 is 0 Å². The molecule has 16 heavy (non-hydrogen) atoms. The van der Waals surface area contributed by atoms with Crippen LogP contribution in [-0.2, 0) is 8.85 Å². The van der Waals surface area contributed by atoms with E-state index in [0.717, 1.165) is 0 Å². The maximum Gasteiger partial charge on any atom is 0.345 e. The molecule has 1 aliphatic heterocycles. The molecule has 0 aromatic carbocycles. The molecule has 1 rings (SSSR count). The van der Waals surface area contributed by atoms with E-state index in [1.165, 1.54) is 6.42 Å². The predicted molar refractivity (Wildman–Crippen MR) is 70.8 cm³/mol. The first kappa shape index (κ1) is 14.2. The summed E-state index contributed by atoms with van der Waals surface area (Å²) in [7, 11) is 1.66. The Morgan fingerprint density at radius 1 is 0.812 bits per heavy atom. The van der Waals surface area contributed by atoms with E-state index < -0.39 is 8.56 Å². The highest BCUT2D eigenvalue weighted by atomic mass is 28.4. The summed E-state index contributed by atoms with van der Waals surface area (Å²) in [5.41, 5.74) is 1.80. The van der Waals surface area contributed by atoms with Crippen molar-refractivity contribution in [3.8, 4) is 0 Å². The monoisotopic (exact) mass is 244 g/mol. The van der Waals surface area contributed by atoms with E-state index in [1.54, 1.807) is 0 Å². The Balaban J connectivity index is 2.99. The van der Waals surface area contributed by atoms with Crippen molar-refractivity contribution in [3.63, 3.8) is 0 Å². The van der Waals surface area contributed by atoms with E-state index in [4.69, 9.17) is 8.85 Å². The normalized spacial score (nSPS) is 30.0. The molecule has 0 spiro atoms. The number of hydrogen-bond acceptors (Lipinski definition) is 2. The molecule has 0 bridgehead atoms. The van der Waals surface area contributed by atoms with Gasteiger partial charge in [-0.3, -0.25) is 0 Å². The minimum absolute atomic E-state index is 0.292. The van der Waals surface area contributed by atoms with Crippen molar-refractivity contribution in [2.75, 3.05) is 14.2 Å². The molecule has 0 aromatic rings. The topological polar surface area (TPSA) is 18.5 Å². The summed E-state index contributed by atoms with van der Waals surface area (Å²) in [6, 6.07) is 0. The van der Waals surface area contributed by atoms with Gasteiger partial charge in [0.25, 0.3) is 0 Å². The second-order valence-electron chi connectivity index (χ2n) is 7.20. The fourth-order valence-corrected chi connectivity index (χ4v) is 8.11. The zero-order valence-electron chi connectivity index (χ0n) is 12.2. The fourth-order valence-electron chi connectivity index (χ4n) is 3.21. The second-order valence-corrected chi connectivity index (χ2v) is 10.9. The van der Waals surface area contributed by atoms with Crippen molar-refractivity contribution in [1.29, 1.82) is 0 Å². The van der Waals surface area contributed by atoms with Crippen molar-refractivity contribution in [2.24, 2.45) is 10.8 Å². The lowest BCUT2D eigenvalue weighted by Crippen LogP contribution is -2.64. The summed E-state index contributed by atoms with van der Waals surface area (Å²) in [6.45, 7) is 13.8. The largest absolute Gasteiger partial charge is 0.397 e. The first-order valence-corrected chi connectivity index (χ1v) is 8.17. The van der Waals surface area contributed by atoms with Crippen LogP contribution in [0, 0.1) is 10.8 Å². The van der Waals surface area contributed by atoms with Gasteiger partial charge in [0.2, 0.25) is 0 Å². The van der Waals surface area contributed by atoms with Crippen LogP contribution in [0.25, 0.3) is 0 Å². The maximum atomic E-state index is 5.92. The molecule has 2 unspecified atom stereocenters. The van der Waals surface area contributed by atoms with Gasteiger partial charge in [-0.1, -0.05) is 41.5 Å². The van der Waals surface area contributed by atoms with E-state index in [2.05, 4.69) is 41.5 Å². The lowest BCUT2D eigenvalue weighted by atomic mass is 9.81. The molecule has 1 saturated heterocycles. The smallest absolute Gasteiger partial charge is 0.345 e. The minimum Gasteiger partial charge on any atom is -0.397 e.